The van der Waals surface area contributed by atoms with Gasteiger partial charge in [0.2, 0.25) is 5.75 Å². The van der Waals surface area contributed by atoms with Crippen LogP contribution < -0.4 is 14.2 Å². The molecule has 0 unspecified atom stereocenters. The molecule has 1 aromatic rings. The molecule has 10 heteroatoms. The third kappa shape index (κ3) is 11.3. The van der Waals surface area contributed by atoms with Crippen molar-refractivity contribution in [3.8, 4) is 17.2 Å². The number of esters is 1. The maximum Gasteiger partial charge on any atom is 0.330 e. The molecule has 7 nitrogen and oxygen atoms in total. The molecule has 182 valence electrons. The minimum Gasteiger partial charge on any atom is -0.493 e. The summed E-state index contributed by atoms with van der Waals surface area (Å²) < 4.78 is 33.8. The standard InChI is InChI=1S/C22H40O7Si3/c1-24-18-15-17(16-19(25-2)21(18)26-3)11-12-20(23)27-13-10-14-30-22(28-31(4,5)6)29-32(7,8)9/h11-12,15-16,22H,10,13-14,30H2,1-9H3. The first-order valence-electron chi connectivity index (χ1n) is 10.9. The number of hydrogen-bond acceptors (Lipinski definition) is 7. The number of rotatable bonds is 14. The van der Waals surface area contributed by atoms with Crippen LogP contribution in [-0.2, 0) is 18.4 Å². The van der Waals surface area contributed by atoms with Crippen molar-refractivity contribution in [1.29, 1.82) is 0 Å². The molecule has 0 aliphatic heterocycles. The van der Waals surface area contributed by atoms with Gasteiger partial charge in [-0.3, -0.25) is 0 Å². The van der Waals surface area contributed by atoms with Crippen LogP contribution >= 0.6 is 0 Å². The van der Waals surface area contributed by atoms with Crippen molar-refractivity contribution in [3.63, 3.8) is 0 Å². The third-order valence-corrected chi connectivity index (χ3v) is 8.47. The second-order valence-electron chi connectivity index (χ2n) is 9.35. The van der Waals surface area contributed by atoms with Gasteiger partial charge in [-0.25, -0.2) is 4.79 Å². The maximum atomic E-state index is 12.1. The molecule has 0 amide bonds. The van der Waals surface area contributed by atoms with Crippen LogP contribution in [0.3, 0.4) is 0 Å². The van der Waals surface area contributed by atoms with Gasteiger partial charge in [0.1, 0.15) is 5.91 Å². The zero-order valence-corrected chi connectivity index (χ0v) is 24.5. The number of carbonyl (C=O) groups excluding carboxylic acids is 1. The second-order valence-corrected chi connectivity index (χ2v) is 20.2. The summed E-state index contributed by atoms with van der Waals surface area (Å²) in [6.45, 7) is 13.5. The Labute approximate surface area is 197 Å². The number of hydrogen-bond donors (Lipinski definition) is 0. The van der Waals surface area contributed by atoms with Crippen LogP contribution in [-0.4, -0.2) is 66.0 Å². The molecule has 0 fully saturated rings. The lowest BCUT2D eigenvalue weighted by Crippen LogP contribution is -2.43. The highest BCUT2D eigenvalue weighted by atomic mass is 28.4. The number of methoxy groups -OCH3 is 3. The Kier molecular flexibility index (Phi) is 11.7. The molecule has 1 aromatic carbocycles. The highest BCUT2D eigenvalue weighted by Crippen LogP contribution is 2.38. The molecule has 0 saturated heterocycles. The predicted octanol–water partition coefficient (Wildman–Crippen LogP) is 4.23. The van der Waals surface area contributed by atoms with Crippen LogP contribution in [0.2, 0.25) is 45.3 Å². The molecule has 0 bridgehead atoms. The molecule has 0 spiro atoms. The fraction of sp³-hybridized carbons (Fsp3) is 0.591. The van der Waals surface area contributed by atoms with Crippen LogP contribution in [0, 0.1) is 0 Å². The van der Waals surface area contributed by atoms with Crippen molar-refractivity contribution in [2.75, 3.05) is 27.9 Å². The van der Waals surface area contributed by atoms with E-state index in [2.05, 4.69) is 39.3 Å². The van der Waals surface area contributed by atoms with Crippen molar-refractivity contribution < 1.29 is 32.6 Å². The van der Waals surface area contributed by atoms with E-state index in [0.29, 0.717) is 23.9 Å². The fourth-order valence-corrected chi connectivity index (χ4v) is 9.47. The van der Waals surface area contributed by atoms with Crippen molar-refractivity contribution in [1.82, 2.24) is 0 Å². The quantitative estimate of drug-likeness (QED) is 0.124. The molecule has 1 rings (SSSR count). The summed E-state index contributed by atoms with van der Waals surface area (Å²) in [4.78, 5) is 12.1. The van der Waals surface area contributed by atoms with Crippen LogP contribution in [0.15, 0.2) is 18.2 Å². The van der Waals surface area contributed by atoms with Crippen LogP contribution in [0.25, 0.3) is 6.08 Å². The van der Waals surface area contributed by atoms with Crippen LogP contribution in [0.5, 0.6) is 17.2 Å². The van der Waals surface area contributed by atoms with E-state index < -0.39 is 26.2 Å². The van der Waals surface area contributed by atoms with E-state index in [-0.39, 0.29) is 11.9 Å². The third-order valence-electron chi connectivity index (χ3n) is 4.15. The fourth-order valence-electron chi connectivity index (χ4n) is 2.93. The monoisotopic (exact) mass is 500 g/mol. The van der Waals surface area contributed by atoms with Crippen molar-refractivity contribution >= 4 is 38.2 Å². The first kappa shape index (κ1) is 28.4. The molecular formula is C22H40O7Si3. The number of ether oxygens (including phenoxy) is 4. The minimum atomic E-state index is -1.66. The van der Waals surface area contributed by atoms with Gasteiger partial charge in [-0.2, -0.15) is 0 Å². The lowest BCUT2D eigenvalue weighted by atomic mass is 10.1. The molecule has 0 aromatic heterocycles. The van der Waals surface area contributed by atoms with Gasteiger partial charge >= 0.3 is 5.97 Å². The molecular weight excluding hydrogens is 460 g/mol. The van der Waals surface area contributed by atoms with Gasteiger partial charge < -0.3 is 27.8 Å². The molecule has 0 aliphatic rings. The van der Waals surface area contributed by atoms with E-state index in [0.717, 1.165) is 18.0 Å². The molecule has 0 N–H and O–H groups in total. The van der Waals surface area contributed by atoms with E-state index in [1.54, 1.807) is 39.5 Å². The molecule has 0 saturated carbocycles. The Morgan fingerprint density at radius 3 is 1.91 bits per heavy atom. The normalized spacial score (nSPS) is 12.7. The van der Waals surface area contributed by atoms with Crippen molar-refractivity contribution in [2.45, 2.75) is 57.7 Å². The lowest BCUT2D eigenvalue weighted by Gasteiger charge is -2.31. The van der Waals surface area contributed by atoms with Gasteiger partial charge in [0.25, 0.3) is 0 Å². The van der Waals surface area contributed by atoms with Gasteiger partial charge in [-0.1, -0.05) is 6.04 Å². The summed E-state index contributed by atoms with van der Waals surface area (Å²) in [5.41, 5.74) is 0.749. The van der Waals surface area contributed by atoms with E-state index in [1.165, 1.54) is 6.08 Å². The molecule has 32 heavy (non-hydrogen) atoms. The van der Waals surface area contributed by atoms with Gasteiger partial charge in [0.15, 0.2) is 28.1 Å². The predicted molar refractivity (Wildman–Crippen MR) is 137 cm³/mol. The summed E-state index contributed by atoms with van der Waals surface area (Å²) in [6, 6.07) is 4.55. The minimum absolute atomic E-state index is 0.0380. The first-order valence-corrected chi connectivity index (χ1v) is 19.5. The van der Waals surface area contributed by atoms with Gasteiger partial charge in [-0.15, -0.1) is 0 Å². The second kappa shape index (κ2) is 13.2. The summed E-state index contributed by atoms with van der Waals surface area (Å²) in [6.07, 6.45) is 3.89. The SMILES string of the molecule is COc1cc(C=CC(=O)OCCC[SiH2]C(O[Si](C)(C)C)O[Si](C)(C)C)cc(OC)c1OC. The van der Waals surface area contributed by atoms with E-state index in [1.807, 2.05) is 0 Å². The molecule has 0 heterocycles. The van der Waals surface area contributed by atoms with E-state index in [4.69, 9.17) is 27.8 Å². The molecule has 0 atom stereocenters. The van der Waals surface area contributed by atoms with Gasteiger partial charge in [0, 0.05) is 6.08 Å². The van der Waals surface area contributed by atoms with E-state index in [9.17, 15) is 4.79 Å². The Hall–Kier alpha value is -1.60. The molecule has 0 radical (unpaired) electrons. The Bertz CT molecular complexity index is 714. The first-order chi connectivity index (χ1) is 14.9. The Morgan fingerprint density at radius 1 is 0.938 bits per heavy atom. The highest BCUT2D eigenvalue weighted by Gasteiger charge is 2.26. The number of benzene rings is 1. The smallest absolute Gasteiger partial charge is 0.330 e. The molecule has 0 aliphatic carbocycles. The summed E-state index contributed by atoms with van der Waals surface area (Å²) in [5.74, 6) is 1.15. The lowest BCUT2D eigenvalue weighted by molar-refractivity contribution is -0.137. The van der Waals surface area contributed by atoms with Crippen molar-refractivity contribution in [2.24, 2.45) is 0 Å². The largest absolute Gasteiger partial charge is 0.493 e. The average Bonchev–Trinajstić information content (AvgIpc) is 2.68. The summed E-state index contributed by atoms with van der Waals surface area (Å²) in [7, 11) is 0.759. The van der Waals surface area contributed by atoms with Crippen LogP contribution in [0.4, 0.5) is 0 Å². The zero-order chi connectivity index (χ0) is 24.4. The van der Waals surface area contributed by atoms with E-state index >= 15 is 0 Å². The maximum absolute atomic E-state index is 12.1. The van der Waals surface area contributed by atoms with Crippen LogP contribution in [0.1, 0.15) is 12.0 Å². The van der Waals surface area contributed by atoms with Crippen molar-refractivity contribution in [3.05, 3.63) is 23.8 Å². The number of carbonyl (C=O) groups is 1. The Morgan fingerprint density at radius 2 is 1.47 bits per heavy atom. The zero-order valence-electron chi connectivity index (χ0n) is 21.1. The summed E-state index contributed by atoms with van der Waals surface area (Å²) in [5, 5.41) is 0. The van der Waals surface area contributed by atoms with Gasteiger partial charge in [-0.05, 0) is 69.5 Å². The topological polar surface area (TPSA) is 72.5 Å². The summed E-state index contributed by atoms with van der Waals surface area (Å²) >= 11 is 0. The Balaban J connectivity index is 2.53. The average molecular weight is 501 g/mol. The highest BCUT2D eigenvalue weighted by molar-refractivity contribution is 6.71. The van der Waals surface area contributed by atoms with Gasteiger partial charge in [0.05, 0.1) is 37.5 Å².